The molecular weight excluding hydrogens is 437 g/mol. The predicted octanol–water partition coefficient (Wildman–Crippen LogP) is 2.09. The third-order valence-corrected chi connectivity index (χ3v) is 7.29. The van der Waals surface area contributed by atoms with Crippen molar-refractivity contribution in [3.63, 3.8) is 0 Å². The average Bonchev–Trinajstić information content (AvgIpc) is 3.44. The third-order valence-electron chi connectivity index (χ3n) is 5.31. The summed E-state index contributed by atoms with van der Waals surface area (Å²) in [5, 5.41) is 3.09. The zero-order chi connectivity index (χ0) is 22.3. The lowest BCUT2D eigenvalue weighted by molar-refractivity contribution is 0.459. The zero-order valence-corrected chi connectivity index (χ0v) is 18.0. The summed E-state index contributed by atoms with van der Waals surface area (Å²) in [4.78, 5) is 13.4. The molecule has 1 N–H and O–H groups in total. The van der Waals surface area contributed by atoms with E-state index >= 15 is 0 Å². The van der Waals surface area contributed by atoms with Crippen molar-refractivity contribution in [2.45, 2.75) is 0 Å². The van der Waals surface area contributed by atoms with Crippen LogP contribution >= 0.6 is 0 Å². The second kappa shape index (κ2) is 7.97. The van der Waals surface area contributed by atoms with Gasteiger partial charge in [-0.3, -0.25) is 4.40 Å². The van der Waals surface area contributed by atoms with Gasteiger partial charge in [0.2, 0.25) is 5.95 Å². The number of imidazole rings is 1. The minimum Gasteiger partial charge on any atom is -0.432 e. The van der Waals surface area contributed by atoms with Crippen LogP contribution in [0.4, 0.5) is 10.3 Å². The van der Waals surface area contributed by atoms with Gasteiger partial charge in [-0.05, 0) is 30.3 Å². The van der Waals surface area contributed by atoms with Crippen LogP contribution in [0.25, 0.3) is 28.5 Å². The first-order chi connectivity index (χ1) is 15.4. The summed E-state index contributed by atoms with van der Waals surface area (Å²) in [7, 11) is -1.82. The molecule has 0 spiro atoms. The largest absolute Gasteiger partial charge is 0.432 e. The molecule has 0 bridgehead atoms. The topological polar surface area (TPSA) is 109 Å². The van der Waals surface area contributed by atoms with E-state index in [4.69, 9.17) is 4.42 Å². The van der Waals surface area contributed by atoms with Gasteiger partial charge in [-0.25, -0.2) is 14.4 Å². The van der Waals surface area contributed by atoms with Gasteiger partial charge in [0, 0.05) is 51.2 Å². The maximum atomic E-state index is 13.4. The molecule has 0 aliphatic carbocycles. The van der Waals surface area contributed by atoms with Crippen LogP contribution < -0.4 is 5.32 Å². The molecule has 1 aliphatic rings. The van der Waals surface area contributed by atoms with Gasteiger partial charge in [0.05, 0.1) is 5.69 Å². The maximum absolute atomic E-state index is 13.4. The van der Waals surface area contributed by atoms with Crippen LogP contribution in [0.1, 0.15) is 0 Å². The SMILES string of the molecule is CN1CCN(CCNc2nccc(-c3c(-c4ccc(F)cc4)nc4occn34)n2)S1(=O)=O. The van der Waals surface area contributed by atoms with Gasteiger partial charge in [0.25, 0.3) is 10.2 Å². The highest BCUT2D eigenvalue weighted by Gasteiger charge is 2.33. The molecule has 0 radical (unpaired) electrons. The Balaban J connectivity index is 1.41. The van der Waals surface area contributed by atoms with E-state index in [1.807, 2.05) is 0 Å². The first-order valence-electron chi connectivity index (χ1n) is 9.94. The van der Waals surface area contributed by atoms with Crippen LogP contribution in [0.3, 0.4) is 0 Å². The molecule has 4 aromatic rings. The molecule has 1 aromatic carbocycles. The van der Waals surface area contributed by atoms with Crippen LogP contribution in [-0.4, -0.2) is 69.6 Å². The van der Waals surface area contributed by atoms with Crippen LogP contribution in [0, 0.1) is 5.82 Å². The number of halogens is 1. The molecule has 0 amide bonds. The lowest BCUT2D eigenvalue weighted by atomic mass is 10.1. The maximum Gasteiger partial charge on any atom is 0.306 e. The number of hydrogen-bond acceptors (Lipinski definition) is 7. The Morgan fingerprint density at radius 3 is 2.72 bits per heavy atom. The van der Waals surface area contributed by atoms with E-state index in [-0.39, 0.29) is 5.82 Å². The van der Waals surface area contributed by atoms with Gasteiger partial charge < -0.3 is 9.73 Å². The molecule has 12 heteroatoms. The van der Waals surface area contributed by atoms with Gasteiger partial charge in [0.1, 0.15) is 23.5 Å². The van der Waals surface area contributed by atoms with E-state index in [9.17, 15) is 12.8 Å². The molecular formula is C20H20FN7O3S. The van der Waals surface area contributed by atoms with E-state index in [1.54, 1.807) is 42.0 Å². The Morgan fingerprint density at radius 2 is 1.97 bits per heavy atom. The van der Waals surface area contributed by atoms with E-state index in [0.29, 0.717) is 55.1 Å². The summed E-state index contributed by atoms with van der Waals surface area (Å²) in [6.07, 6.45) is 4.86. The van der Waals surface area contributed by atoms with Gasteiger partial charge in [-0.1, -0.05) is 0 Å². The lowest BCUT2D eigenvalue weighted by Crippen LogP contribution is -2.34. The Bertz CT molecular complexity index is 1370. The fourth-order valence-electron chi connectivity index (χ4n) is 3.62. The Morgan fingerprint density at radius 1 is 1.16 bits per heavy atom. The van der Waals surface area contributed by atoms with Crippen LogP contribution in [0.5, 0.6) is 0 Å². The standard InChI is InChI=1S/C20H20FN7O3S/c1-26-10-11-27(32(26,29)30)9-8-23-19-22-7-6-16(24-19)18-17(14-2-4-15(21)5-3-14)25-20-28(18)12-13-31-20/h2-7,12-13H,8-11H2,1H3,(H,22,23,24). The molecule has 10 nitrogen and oxygen atoms in total. The van der Waals surface area contributed by atoms with Crippen molar-refractivity contribution in [3.05, 3.63) is 54.8 Å². The van der Waals surface area contributed by atoms with Crippen molar-refractivity contribution in [1.82, 2.24) is 28.0 Å². The number of rotatable bonds is 6. The summed E-state index contributed by atoms with van der Waals surface area (Å²) >= 11 is 0. The molecule has 4 heterocycles. The Kier molecular flexibility index (Phi) is 5.12. The molecule has 5 rings (SSSR count). The second-order valence-corrected chi connectivity index (χ2v) is 9.33. The van der Waals surface area contributed by atoms with E-state index < -0.39 is 10.2 Å². The number of anilines is 1. The number of nitrogens with one attached hydrogen (secondary N) is 1. The number of aromatic nitrogens is 4. The third kappa shape index (κ3) is 3.61. The van der Waals surface area contributed by atoms with Crippen molar-refractivity contribution in [1.29, 1.82) is 0 Å². The van der Waals surface area contributed by atoms with Crippen molar-refractivity contribution in [2.75, 3.05) is 38.5 Å². The van der Waals surface area contributed by atoms with Gasteiger partial charge in [-0.2, -0.15) is 22.0 Å². The molecule has 32 heavy (non-hydrogen) atoms. The smallest absolute Gasteiger partial charge is 0.306 e. The van der Waals surface area contributed by atoms with Crippen LogP contribution in [0.15, 0.2) is 53.4 Å². The first kappa shape index (κ1) is 20.5. The monoisotopic (exact) mass is 457 g/mol. The van der Waals surface area contributed by atoms with Crippen molar-refractivity contribution in [3.8, 4) is 22.6 Å². The molecule has 1 saturated heterocycles. The fourth-order valence-corrected chi connectivity index (χ4v) is 4.96. The summed E-state index contributed by atoms with van der Waals surface area (Å²) in [6, 6.07) is 7.78. The van der Waals surface area contributed by atoms with Crippen molar-refractivity contribution >= 4 is 22.0 Å². The minimum atomic E-state index is -3.38. The number of benzene rings is 1. The summed E-state index contributed by atoms with van der Waals surface area (Å²) < 4.78 is 47.7. The summed E-state index contributed by atoms with van der Waals surface area (Å²) in [5.41, 5.74) is 2.58. The van der Waals surface area contributed by atoms with Gasteiger partial charge in [0.15, 0.2) is 0 Å². The molecule has 0 atom stereocenters. The van der Waals surface area contributed by atoms with E-state index in [2.05, 4.69) is 20.3 Å². The number of oxazole rings is 1. The van der Waals surface area contributed by atoms with E-state index in [1.165, 1.54) is 27.0 Å². The average molecular weight is 457 g/mol. The normalized spacial score (nSPS) is 16.7. The zero-order valence-electron chi connectivity index (χ0n) is 17.1. The van der Waals surface area contributed by atoms with E-state index in [0.717, 1.165) is 5.56 Å². The second-order valence-electron chi connectivity index (χ2n) is 7.29. The number of nitrogens with zero attached hydrogens (tertiary/aromatic N) is 6. The van der Waals surface area contributed by atoms with Crippen LogP contribution in [0.2, 0.25) is 0 Å². The number of likely N-dealkylation sites (N-methyl/N-ethyl adjacent to an activating group) is 1. The van der Waals surface area contributed by atoms with Gasteiger partial charge in [-0.15, -0.1) is 0 Å². The minimum absolute atomic E-state index is 0.305. The first-order valence-corrected chi connectivity index (χ1v) is 11.3. The molecule has 0 saturated carbocycles. The highest BCUT2D eigenvalue weighted by atomic mass is 32.2. The summed E-state index contributed by atoms with van der Waals surface area (Å²) in [5.74, 6) is 0.407. The predicted molar refractivity (Wildman–Crippen MR) is 115 cm³/mol. The quantitative estimate of drug-likeness (QED) is 0.472. The molecule has 1 aliphatic heterocycles. The molecule has 0 unspecified atom stereocenters. The molecule has 166 valence electrons. The summed E-state index contributed by atoms with van der Waals surface area (Å²) in [6.45, 7) is 1.59. The van der Waals surface area contributed by atoms with Crippen molar-refractivity contribution < 1.29 is 17.2 Å². The highest BCUT2D eigenvalue weighted by Crippen LogP contribution is 2.32. The fraction of sp³-hybridized carbons (Fsp3) is 0.250. The molecule has 1 fully saturated rings. The molecule has 3 aromatic heterocycles. The highest BCUT2D eigenvalue weighted by molar-refractivity contribution is 7.87. The number of fused-ring (bicyclic) bond motifs is 1. The van der Waals surface area contributed by atoms with Gasteiger partial charge >= 0.3 is 5.84 Å². The Labute approximate surface area is 183 Å². The van der Waals surface area contributed by atoms with Crippen LogP contribution in [-0.2, 0) is 10.2 Å². The number of hydrogen-bond donors (Lipinski definition) is 1. The lowest BCUT2D eigenvalue weighted by Gasteiger charge is -2.16. The Hall–Kier alpha value is -3.35. The van der Waals surface area contributed by atoms with Crippen molar-refractivity contribution in [2.24, 2.45) is 0 Å².